The Morgan fingerprint density at radius 1 is 0.333 bits per heavy atom. The van der Waals surface area contributed by atoms with Gasteiger partial charge < -0.3 is 24.4 Å². The minimum atomic E-state index is -0.863. The molecule has 3 aliphatic carbocycles. The van der Waals surface area contributed by atoms with Crippen LogP contribution < -0.4 is 0 Å². The molecule has 0 radical (unpaired) electrons. The fraction of sp³-hybridized carbons (Fsp3) is 0.123. The Kier molecular flexibility index (Phi) is 31.2. The molecule has 135 heavy (non-hydrogen) atoms. The van der Waals surface area contributed by atoms with Gasteiger partial charge in [-0.15, -0.1) is 23.2 Å². The summed E-state index contributed by atoms with van der Waals surface area (Å²) in [6.07, 6.45) is 2.92. The number of halogens is 3. The van der Waals surface area contributed by atoms with Crippen molar-refractivity contribution in [1.29, 1.82) is 0 Å². The third kappa shape index (κ3) is 22.8. The van der Waals surface area contributed by atoms with E-state index in [1.807, 2.05) is 238 Å². The lowest BCUT2D eigenvalue weighted by Gasteiger charge is -2.29. The van der Waals surface area contributed by atoms with E-state index in [4.69, 9.17) is 54.1 Å². The number of carbonyl (C=O) groups is 5. The van der Waals surface area contributed by atoms with Crippen LogP contribution >= 0.6 is 34.8 Å². The number of aryl methyl sites for hydroxylation is 3. The summed E-state index contributed by atoms with van der Waals surface area (Å²) in [5, 5.41) is 32.8. The number of carbonyl (C=O) groups excluding carboxylic acids is 4. The second-order valence-corrected chi connectivity index (χ2v) is 34.4. The van der Waals surface area contributed by atoms with Crippen molar-refractivity contribution >= 4 is 128 Å². The molecule has 2 fully saturated rings. The van der Waals surface area contributed by atoms with Gasteiger partial charge in [-0.2, -0.15) is 0 Å². The number of hydrogen-bond donors (Lipinski definition) is 2. The summed E-state index contributed by atoms with van der Waals surface area (Å²) >= 11 is 16.5. The highest BCUT2D eigenvalue weighted by atomic mass is 35.5. The Bertz CT molecular complexity index is 7370. The minimum Gasteiger partial charge on any atom is -0.478 e. The van der Waals surface area contributed by atoms with Gasteiger partial charge in [-0.05, 0) is 206 Å². The Balaban J connectivity index is 0.000000113. The van der Waals surface area contributed by atoms with E-state index in [1.165, 1.54) is 65.7 Å². The second-order valence-electron chi connectivity index (χ2n) is 33.5. The molecule has 2 aliphatic heterocycles. The van der Waals surface area contributed by atoms with Crippen LogP contribution in [-0.4, -0.2) is 76.7 Å². The smallest absolute Gasteiger partial charge is 0.335 e. The first-order valence-electron chi connectivity index (χ1n) is 45.1. The molecule has 4 unspecified atom stereocenters. The Morgan fingerprint density at radius 3 is 1.16 bits per heavy atom. The van der Waals surface area contributed by atoms with E-state index in [2.05, 4.69) is 158 Å². The van der Waals surface area contributed by atoms with Crippen LogP contribution in [0.3, 0.4) is 0 Å². The van der Waals surface area contributed by atoms with E-state index in [9.17, 15) is 29.1 Å². The molecular formula is C122H99Cl3O10. The van der Waals surface area contributed by atoms with Crippen LogP contribution in [0.1, 0.15) is 159 Å². The van der Waals surface area contributed by atoms with Gasteiger partial charge >= 0.3 is 5.97 Å². The molecule has 5 aliphatic rings. The molecule has 0 aromatic heterocycles. The van der Waals surface area contributed by atoms with E-state index in [0.29, 0.717) is 41.2 Å². The summed E-state index contributed by atoms with van der Waals surface area (Å²) in [5.74, 6) is 0.423. The van der Waals surface area contributed by atoms with Crippen molar-refractivity contribution in [3.05, 3.63) is 535 Å². The van der Waals surface area contributed by atoms with Gasteiger partial charge in [0.2, 0.25) is 0 Å². The molecular weight excluding hydrogens is 1730 g/mol. The predicted molar refractivity (Wildman–Crippen MR) is 550 cm³/mol. The number of rotatable bonds is 11. The fourth-order valence-corrected chi connectivity index (χ4v) is 18.1. The first kappa shape index (κ1) is 93.8. The number of ketones is 3. The number of epoxide rings is 2. The number of aromatic carboxylic acids is 1. The van der Waals surface area contributed by atoms with Gasteiger partial charge in [0, 0.05) is 44.8 Å². The number of ether oxygens (including phenoxy) is 3. The van der Waals surface area contributed by atoms with Crippen LogP contribution in [0.5, 0.6) is 0 Å². The van der Waals surface area contributed by atoms with Crippen molar-refractivity contribution < 1.29 is 48.4 Å². The third-order valence-electron chi connectivity index (χ3n) is 24.7. The number of fused-ring (bicyclic) bond motifs is 15. The molecule has 0 spiro atoms. The highest BCUT2D eigenvalue weighted by Gasteiger charge is 2.32. The zero-order chi connectivity index (χ0) is 93.7. The first-order chi connectivity index (χ1) is 66.0. The average molecular weight is 1830 g/mol. The highest BCUT2D eigenvalue weighted by Crippen LogP contribution is 2.43. The number of alkyl halides is 2. The summed E-state index contributed by atoms with van der Waals surface area (Å²) in [6, 6.07) is 136. The van der Waals surface area contributed by atoms with Crippen molar-refractivity contribution in [1.82, 2.24) is 0 Å². The maximum Gasteiger partial charge on any atom is 0.335 e. The third-order valence-corrected chi connectivity index (χ3v) is 25.5. The van der Waals surface area contributed by atoms with E-state index in [-0.39, 0.29) is 29.6 Å². The lowest BCUT2D eigenvalue weighted by molar-refractivity contribution is 0.0658. The molecule has 13 heteroatoms. The quantitative estimate of drug-likeness (QED) is 0.0552. The maximum absolute atomic E-state index is 12.8. The minimum absolute atomic E-state index is 0.00486. The molecule has 0 saturated carbocycles. The van der Waals surface area contributed by atoms with Gasteiger partial charge in [0.1, 0.15) is 18.3 Å². The zero-order valence-corrected chi connectivity index (χ0v) is 77.3. The number of aliphatic hydroxyl groups is 1. The lowest BCUT2D eigenvalue weighted by Crippen LogP contribution is -2.18. The van der Waals surface area contributed by atoms with E-state index in [0.717, 1.165) is 137 Å². The Labute approximate surface area is 801 Å². The van der Waals surface area contributed by atoms with Gasteiger partial charge in [-0.3, -0.25) is 19.2 Å². The summed E-state index contributed by atoms with van der Waals surface area (Å²) in [4.78, 5) is 59.2. The maximum atomic E-state index is 12.8. The molecule has 2 heterocycles. The van der Waals surface area contributed by atoms with Crippen molar-refractivity contribution in [3.63, 3.8) is 0 Å². The van der Waals surface area contributed by atoms with Crippen LogP contribution in [0.25, 0.3) is 64.6 Å². The summed E-state index contributed by atoms with van der Waals surface area (Å²) in [6.45, 7) is 7.99. The summed E-state index contributed by atoms with van der Waals surface area (Å²) in [7, 11) is 0. The van der Waals surface area contributed by atoms with Gasteiger partial charge in [0.05, 0.1) is 37.4 Å². The van der Waals surface area contributed by atoms with Crippen LogP contribution in [0.2, 0.25) is 0 Å². The van der Waals surface area contributed by atoms with Gasteiger partial charge in [-0.25, -0.2) is 4.79 Å². The zero-order valence-electron chi connectivity index (χ0n) is 75.0. The van der Waals surface area contributed by atoms with Crippen molar-refractivity contribution in [2.45, 2.75) is 70.3 Å². The largest absolute Gasteiger partial charge is 0.478 e. The van der Waals surface area contributed by atoms with Crippen molar-refractivity contribution in [2.75, 3.05) is 25.7 Å². The Morgan fingerprint density at radius 2 is 0.689 bits per heavy atom. The molecule has 2 N–H and O–H groups in total. The number of carboxylic acid groups (broad SMARTS) is 1. The average Bonchev–Trinajstić information content (AvgIpc) is 1.68. The number of aliphatic hydroxyl groups excluding tert-OH is 1. The van der Waals surface area contributed by atoms with Crippen LogP contribution in [0.15, 0.2) is 413 Å². The topological polar surface area (TPSA) is 160 Å². The summed E-state index contributed by atoms with van der Waals surface area (Å²) < 4.78 is 16.4. The molecule has 0 amide bonds. The molecule has 19 aromatic rings. The second kappa shape index (κ2) is 44.9. The number of carboxylic acids is 1. The van der Waals surface area contributed by atoms with Gasteiger partial charge in [0.25, 0.3) is 5.24 Å². The molecule has 2 saturated heterocycles. The normalized spacial score (nSPS) is 14.4. The standard InChI is InChI=1S/C21H18O2.C18H13ClO.C18H14O.C18H12O.C18H14O.C10H8.C8H7ClO.C8H8O2.C3H5ClO/c1-3-7-18-14(5-1)9-10-16-11-15-6-2-4-8-19(15)21(20(16)18)23-13-17-12-22-17;19-12-14-7-2-4-10-16(14)18(20)17-11-5-8-13-6-1-3-9-15(13)17;2*19-18-16-8-4-2-6-13(16)11-14-10-9-12-5-1-3-7-15(12)17(14)18;1-13-7-2-4-10-15(13)18(19)17-12-6-9-14-8-3-5-11-16(14)17;1-2-6-10-8-4-3-7-9(10)5-1;2*1-6-4-2-3-5-7(6)8(9)10;4-1-3-2-5-3/h1-10,17,21H,11-13H2;1-11H,12H2;1-10,18-19H,11H2;1-10H,11H2;2-12H,1H3;1-8H;2-5H,1H3;2-5H,1H3,(H,9,10);3H,1-2H2. The Hall–Kier alpha value is -14.4. The highest BCUT2D eigenvalue weighted by molar-refractivity contribution is 6.68. The number of benzene rings is 19. The molecule has 10 nitrogen and oxygen atoms in total. The van der Waals surface area contributed by atoms with Crippen molar-refractivity contribution in [2.24, 2.45) is 0 Å². The molecule has 4 atom stereocenters. The van der Waals surface area contributed by atoms with Gasteiger partial charge in [0.15, 0.2) is 17.3 Å². The van der Waals surface area contributed by atoms with Crippen LogP contribution in [0.4, 0.5) is 0 Å². The molecule has 19 aromatic carbocycles. The van der Waals surface area contributed by atoms with Crippen LogP contribution in [-0.2, 0) is 39.4 Å². The monoisotopic (exact) mass is 1830 g/mol. The van der Waals surface area contributed by atoms with Crippen molar-refractivity contribution in [3.8, 4) is 0 Å². The lowest BCUT2D eigenvalue weighted by atomic mass is 9.81. The number of hydrogen-bond acceptors (Lipinski definition) is 9. The summed E-state index contributed by atoms with van der Waals surface area (Å²) in [5.41, 5.74) is 21.5. The SMILES string of the molecule is Cc1ccccc1C(=O)Cl.Cc1ccccc1C(=O)O.Cc1ccccc1C(=O)c1cccc2ccccc12.ClCC1CO1.O=C(c1ccccc1CCl)c1cccc2ccccc12.O=C1c2ccccc2Cc2ccc3ccccc3c21.OC1c2ccccc2Cc2ccc3ccccc3c21.c1ccc2c(c1)Cc1ccc3ccccc3c1C2OCC1CO1.c1ccc2ccccc2c1. The van der Waals surface area contributed by atoms with E-state index < -0.39 is 17.3 Å². The van der Waals surface area contributed by atoms with E-state index in [1.54, 1.807) is 37.3 Å². The first-order valence-corrected chi connectivity index (χ1v) is 46.6. The predicted octanol–water partition coefficient (Wildman–Crippen LogP) is 28.8. The molecule has 668 valence electrons. The fourth-order valence-electron chi connectivity index (χ4n) is 17.5. The van der Waals surface area contributed by atoms with Crippen LogP contribution in [0, 0.1) is 20.8 Å². The molecule has 24 rings (SSSR count). The van der Waals surface area contributed by atoms with Gasteiger partial charge in [-0.1, -0.05) is 400 Å². The van der Waals surface area contributed by atoms with E-state index >= 15 is 0 Å². The molecule has 0 bridgehead atoms.